The standard InChI is InChI=1S/C12H15BO2/c1-3-5-10-7-11(6-4-2)9-12(8-10)13(14)15/h3-4,7-9,14-15H,1-2,5-6H2. The summed E-state index contributed by atoms with van der Waals surface area (Å²) in [4.78, 5) is 0. The third-order valence-corrected chi connectivity index (χ3v) is 2.13. The average molecular weight is 202 g/mol. The van der Waals surface area contributed by atoms with Crippen LogP contribution in [0.2, 0.25) is 0 Å². The topological polar surface area (TPSA) is 40.5 Å². The second-order valence-corrected chi connectivity index (χ2v) is 3.44. The van der Waals surface area contributed by atoms with Crippen molar-refractivity contribution in [2.45, 2.75) is 12.8 Å². The van der Waals surface area contributed by atoms with Gasteiger partial charge in [0.25, 0.3) is 0 Å². The molecule has 1 rings (SSSR count). The summed E-state index contributed by atoms with van der Waals surface area (Å²) in [5.74, 6) is 0. The summed E-state index contributed by atoms with van der Waals surface area (Å²) in [7, 11) is -1.42. The van der Waals surface area contributed by atoms with E-state index in [0.29, 0.717) is 5.46 Å². The predicted octanol–water partition coefficient (Wildman–Crippen LogP) is 0.823. The summed E-state index contributed by atoms with van der Waals surface area (Å²) < 4.78 is 0. The third kappa shape index (κ3) is 3.38. The quantitative estimate of drug-likeness (QED) is 0.548. The van der Waals surface area contributed by atoms with Crippen LogP contribution >= 0.6 is 0 Å². The fraction of sp³-hybridized carbons (Fsp3) is 0.167. The van der Waals surface area contributed by atoms with Crippen molar-refractivity contribution in [3.05, 3.63) is 54.6 Å². The fourth-order valence-corrected chi connectivity index (χ4v) is 1.51. The number of hydrogen-bond acceptors (Lipinski definition) is 2. The van der Waals surface area contributed by atoms with Crippen molar-refractivity contribution in [2.24, 2.45) is 0 Å². The van der Waals surface area contributed by atoms with E-state index >= 15 is 0 Å². The normalized spacial score (nSPS) is 9.73. The van der Waals surface area contributed by atoms with E-state index in [1.165, 1.54) is 0 Å². The first-order chi connectivity index (χ1) is 7.17. The van der Waals surface area contributed by atoms with Crippen LogP contribution in [0.1, 0.15) is 11.1 Å². The van der Waals surface area contributed by atoms with Crippen LogP contribution in [-0.2, 0) is 12.8 Å². The van der Waals surface area contributed by atoms with E-state index in [0.717, 1.165) is 24.0 Å². The molecule has 0 amide bonds. The van der Waals surface area contributed by atoms with Gasteiger partial charge in [-0.25, -0.2) is 0 Å². The Balaban J connectivity index is 3.07. The van der Waals surface area contributed by atoms with E-state index < -0.39 is 7.12 Å². The van der Waals surface area contributed by atoms with E-state index in [9.17, 15) is 0 Å². The summed E-state index contributed by atoms with van der Waals surface area (Å²) in [5.41, 5.74) is 2.59. The molecule has 2 N–H and O–H groups in total. The molecule has 2 nitrogen and oxygen atoms in total. The maximum atomic E-state index is 9.11. The molecule has 3 heteroatoms. The highest BCUT2D eigenvalue weighted by atomic mass is 16.4. The molecular formula is C12H15BO2. The molecule has 0 spiro atoms. The molecule has 0 aromatic heterocycles. The van der Waals surface area contributed by atoms with Crippen LogP contribution in [0, 0.1) is 0 Å². The van der Waals surface area contributed by atoms with Gasteiger partial charge in [0, 0.05) is 0 Å². The molecule has 0 atom stereocenters. The summed E-state index contributed by atoms with van der Waals surface area (Å²) >= 11 is 0. The zero-order valence-electron chi connectivity index (χ0n) is 8.69. The molecule has 0 aliphatic heterocycles. The van der Waals surface area contributed by atoms with Crippen LogP contribution in [0.5, 0.6) is 0 Å². The minimum Gasteiger partial charge on any atom is -0.423 e. The van der Waals surface area contributed by atoms with Gasteiger partial charge in [0.15, 0.2) is 0 Å². The van der Waals surface area contributed by atoms with Crippen LogP contribution in [-0.4, -0.2) is 17.2 Å². The molecular weight excluding hydrogens is 187 g/mol. The smallest absolute Gasteiger partial charge is 0.423 e. The number of benzene rings is 1. The SMILES string of the molecule is C=CCc1cc(CC=C)cc(B(O)O)c1. The van der Waals surface area contributed by atoms with Gasteiger partial charge in [-0.1, -0.05) is 30.4 Å². The first kappa shape index (κ1) is 11.8. The van der Waals surface area contributed by atoms with Crippen LogP contribution < -0.4 is 5.46 Å². The lowest BCUT2D eigenvalue weighted by molar-refractivity contribution is 0.425. The monoisotopic (exact) mass is 202 g/mol. The van der Waals surface area contributed by atoms with Gasteiger partial charge in [-0.15, -0.1) is 13.2 Å². The molecule has 0 bridgehead atoms. The molecule has 0 radical (unpaired) electrons. The van der Waals surface area contributed by atoms with Gasteiger partial charge in [0.2, 0.25) is 0 Å². The Kier molecular flexibility index (Phi) is 4.34. The lowest BCUT2D eigenvalue weighted by atomic mass is 9.78. The van der Waals surface area contributed by atoms with Crippen LogP contribution in [0.25, 0.3) is 0 Å². The van der Waals surface area contributed by atoms with Crippen molar-refractivity contribution in [1.29, 1.82) is 0 Å². The molecule has 1 aromatic carbocycles. The van der Waals surface area contributed by atoms with Gasteiger partial charge in [-0.3, -0.25) is 0 Å². The Labute approximate surface area is 90.7 Å². The van der Waals surface area contributed by atoms with Crippen LogP contribution in [0.15, 0.2) is 43.5 Å². The molecule has 0 aliphatic rings. The van der Waals surface area contributed by atoms with Gasteiger partial charge in [0.05, 0.1) is 0 Å². The molecule has 0 heterocycles. The highest BCUT2D eigenvalue weighted by molar-refractivity contribution is 6.58. The minimum absolute atomic E-state index is 0.520. The van der Waals surface area contributed by atoms with Crippen LogP contribution in [0.4, 0.5) is 0 Å². The minimum atomic E-state index is -1.42. The van der Waals surface area contributed by atoms with Gasteiger partial charge in [0.1, 0.15) is 0 Å². The summed E-state index contributed by atoms with van der Waals surface area (Å²) in [6.45, 7) is 7.32. The average Bonchev–Trinajstić information content (AvgIpc) is 2.18. The van der Waals surface area contributed by atoms with Crippen molar-refractivity contribution >= 4 is 12.6 Å². The van der Waals surface area contributed by atoms with Crippen molar-refractivity contribution in [3.8, 4) is 0 Å². The molecule has 0 saturated heterocycles. The predicted molar refractivity (Wildman–Crippen MR) is 64.1 cm³/mol. The fourth-order valence-electron chi connectivity index (χ4n) is 1.51. The molecule has 0 fully saturated rings. The molecule has 78 valence electrons. The molecule has 1 aromatic rings. The number of allylic oxidation sites excluding steroid dienone is 2. The highest BCUT2D eigenvalue weighted by Gasteiger charge is 2.12. The summed E-state index contributed by atoms with van der Waals surface area (Å²) in [6.07, 6.45) is 5.04. The van der Waals surface area contributed by atoms with E-state index in [-0.39, 0.29) is 0 Å². The van der Waals surface area contributed by atoms with Crippen molar-refractivity contribution < 1.29 is 10.0 Å². The molecule has 0 saturated carbocycles. The van der Waals surface area contributed by atoms with Crippen LogP contribution in [0.3, 0.4) is 0 Å². The lowest BCUT2D eigenvalue weighted by Gasteiger charge is -2.06. The number of rotatable bonds is 5. The zero-order valence-corrected chi connectivity index (χ0v) is 8.69. The third-order valence-electron chi connectivity index (χ3n) is 2.13. The maximum Gasteiger partial charge on any atom is 0.488 e. The van der Waals surface area contributed by atoms with Gasteiger partial charge >= 0.3 is 7.12 Å². The number of hydrogen-bond donors (Lipinski definition) is 2. The van der Waals surface area contributed by atoms with E-state index in [1.807, 2.05) is 6.07 Å². The second kappa shape index (κ2) is 5.54. The maximum absolute atomic E-state index is 9.11. The lowest BCUT2D eigenvalue weighted by Crippen LogP contribution is -2.30. The van der Waals surface area contributed by atoms with E-state index in [4.69, 9.17) is 10.0 Å². The van der Waals surface area contributed by atoms with E-state index in [1.54, 1.807) is 24.3 Å². The molecule has 0 unspecified atom stereocenters. The van der Waals surface area contributed by atoms with Crippen molar-refractivity contribution in [2.75, 3.05) is 0 Å². The van der Waals surface area contributed by atoms with Crippen molar-refractivity contribution in [3.63, 3.8) is 0 Å². The van der Waals surface area contributed by atoms with Gasteiger partial charge < -0.3 is 10.0 Å². The molecule has 0 aliphatic carbocycles. The first-order valence-corrected chi connectivity index (χ1v) is 4.88. The Morgan fingerprint density at radius 2 is 1.47 bits per heavy atom. The van der Waals surface area contributed by atoms with Crippen molar-refractivity contribution in [1.82, 2.24) is 0 Å². The van der Waals surface area contributed by atoms with E-state index in [2.05, 4.69) is 13.2 Å². The largest absolute Gasteiger partial charge is 0.488 e. The Morgan fingerprint density at radius 1 is 1.00 bits per heavy atom. The first-order valence-electron chi connectivity index (χ1n) is 4.88. The van der Waals surface area contributed by atoms with Gasteiger partial charge in [-0.2, -0.15) is 0 Å². The summed E-state index contributed by atoms with van der Waals surface area (Å²) in [6, 6.07) is 5.58. The Morgan fingerprint density at radius 3 is 1.80 bits per heavy atom. The Hall–Kier alpha value is -1.32. The molecule has 15 heavy (non-hydrogen) atoms. The highest BCUT2D eigenvalue weighted by Crippen LogP contribution is 2.06. The second-order valence-electron chi connectivity index (χ2n) is 3.44. The Bertz CT molecular complexity index is 330. The van der Waals surface area contributed by atoms with Gasteiger partial charge in [-0.05, 0) is 29.4 Å². The zero-order chi connectivity index (χ0) is 11.3. The summed E-state index contributed by atoms with van der Waals surface area (Å²) in [5, 5.41) is 18.2.